The number of imide groups is 1. The van der Waals surface area contributed by atoms with Gasteiger partial charge in [-0.05, 0) is 24.3 Å². The van der Waals surface area contributed by atoms with Crippen LogP contribution in [0.1, 0.15) is 10.4 Å². The molecule has 1 saturated heterocycles. The van der Waals surface area contributed by atoms with E-state index in [1.54, 1.807) is 24.3 Å². The monoisotopic (exact) mass is 293 g/mol. The number of thioether (sulfide) groups is 1. The normalized spacial score (nSPS) is 14.9. The smallest absolute Gasteiger partial charge is 0.288 e. The van der Waals surface area contributed by atoms with Crippen molar-refractivity contribution in [3.63, 3.8) is 0 Å². The van der Waals surface area contributed by atoms with Crippen LogP contribution in [0.5, 0.6) is 0 Å². The second kappa shape index (κ2) is 6.53. The summed E-state index contributed by atoms with van der Waals surface area (Å²) in [5, 5.41) is 2.71. The highest BCUT2D eigenvalue weighted by atomic mass is 32.2. The third kappa shape index (κ3) is 3.58. The number of Topliss-reactive ketones (excluding diaryl/α,β-unsaturated/α-hetero) is 1. The summed E-state index contributed by atoms with van der Waals surface area (Å²) in [5.74, 6) is -0.0199. The van der Waals surface area contributed by atoms with Gasteiger partial charge in [0, 0.05) is 24.3 Å². The van der Waals surface area contributed by atoms with Crippen molar-refractivity contribution < 1.29 is 14.4 Å². The van der Waals surface area contributed by atoms with Gasteiger partial charge in [0.1, 0.15) is 0 Å². The summed E-state index contributed by atoms with van der Waals surface area (Å²) in [6.45, 7) is 0.853. The summed E-state index contributed by atoms with van der Waals surface area (Å²) in [4.78, 5) is 35.7. The number of carbonyl (C=O) groups is 3. The molecule has 0 atom stereocenters. The van der Waals surface area contributed by atoms with E-state index in [9.17, 15) is 14.4 Å². The van der Waals surface area contributed by atoms with Crippen molar-refractivity contribution in [2.75, 3.05) is 31.1 Å². The molecule has 0 aliphatic carbocycles. The number of nitrogens with one attached hydrogen (secondary N) is 1. The molecule has 0 unspecified atom stereocenters. The lowest BCUT2D eigenvalue weighted by Crippen LogP contribution is -2.36. The Hall–Kier alpha value is -1.86. The van der Waals surface area contributed by atoms with Gasteiger partial charge in [0.2, 0.25) is 5.91 Å². The van der Waals surface area contributed by atoms with Crippen molar-refractivity contribution in [1.29, 1.82) is 0 Å². The first-order valence-electron chi connectivity index (χ1n) is 6.14. The van der Waals surface area contributed by atoms with Gasteiger partial charge in [-0.25, -0.2) is 0 Å². The molecule has 0 radical (unpaired) electrons. The number of hydrogen-bond acceptors (Lipinski definition) is 6. The second-order valence-corrected chi connectivity index (χ2v) is 5.25. The number of amides is 2. The predicted molar refractivity (Wildman–Crippen MR) is 77.6 cm³/mol. The van der Waals surface area contributed by atoms with E-state index in [0.29, 0.717) is 24.3 Å². The molecule has 0 aromatic heterocycles. The lowest BCUT2D eigenvalue weighted by molar-refractivity contribution is -0.124. The van der Waals surface area contributed by atoms with Crippen LogP contribution in [-0.4, -0.2) is 47.2 Å². The van der Waals surface area contributed by atoms with Gasteiger partial charge in [-0.2, -0.15) is 0 Å². The van der Waals surface area contributed by atoms with Crippen LogP contribution in [0.3, 0.4) is 0 Å². The average molecular weight is 293 g/mol. The molecule has 2 rings (SSSR count). The molecule has 0 saturated carbocycles. The summed E-state index contributed by atoms with van der Waals surface area (Å²) in [6, 6.07) is 6.69. The van der Waals surface area contributed by atoms with Crippen LogP contribution in [-0.2, 0) is 4.79 Å². The highest BCUT2D eigenvalue weighted by Crippen LogP contribution is 2.17. The van der Waals surface area contributed by atoms with E-state index in [1.165, 1.54) is 4.90 Å². The van der Waals surface area contributed by atoms with Gasteiger partial charge >= 0.3 is 0 Å². The zero-order valence-electron chi connectivity index (χ0n) is 10.8. The number of hydrogen-bond donors (Lipinski definition) is 2. The molecule has 1 aliphatic rings. The number of rotatable bonds is 6. The maximum absolute atomic E-state index is 11.8. The molecule has 7 heteroatoms. The fraction of sp³-hybridized carbons (Fsp3) is 0.308. The highest BCUT2D eigenvalue weighted by molar-refractivity contribution is 8.14. The Morgan fingerprint density at radius 3 is 2.60 bits per heavy atom. The summed E-state index contributed by atoms with van der Waals surface area (Å²) >= 11 is 1.01. The van der Waals surface area contributed by atoms with Crippen molar-refractivity contribution in [3.8, 4) is 0 Å². The maximum atomic E-state index is 11.8. The fourth-order valence-electron chi connectivity index (χ4n) is 1.76. The molecule has 0 bridgehead atoms. The topological polar surface area (TPSA) is 92.5 Å². The van der Waals surface area contributed by atoms with Crippen molar-refractivity contribution in [2.24, 2.45) is 0 Å². The quantitative estimate of drug-likeness (QED) is 0.456. The molecule has 20 heavy (non-hydrogen) atoms. The number of nitrogen functional groups attached to an aromatic ring is 1. The largest absolute Gasteiger partial charge is 0.399 e. The molecule has 3 N–H and O–H groups in total. The lowest BCUT2D eigenvalue weighted by Gasteiger charge is -2.12. The summed E-state index contributed by atoms with van der Waals surface area (Å²) in [5.41, 5.74) is 6.73. The first-order valence-corrected chi connectivity index (χ1v) is 7.13. The van der Waals surface area contributed by atoms with E-state index >= 15 is 0 Å². The zero-order chi connectivity index (χ0) is 14.5. The van der Waals surface area contributed by atoms with Crippen LogP contribution in [0.25, 0.3) is 0 Å². The summed E-state index contributed by atoms with van der Waals surface area (Å²) in [6.07, 6.45) is 0. The third-order valence-electron chi connectivity index (χ3n) is 2.87. The number of carbonyl (C=O) groups excluding carboxylic acids is 3. The molecule has 0 spiro atoms. The van der Waals surface area contributed by atoms with Crippen molar-refractivity contribution >= 4 is 34.4 Å². The first-order chi connectivity index (χ1) is 9.58. The number of nitrogens with zero attached hydrogens (tertiary/aromatic N) is 1. The molecule has 6 nitrogen and oxygen atoms in total. The first kappa shape index (κ1) is 14.5. The second-order valence-electron chi connectivity index (χ2n) is 4.32. The average Bonchev–Trinajstić information content (AvgIpc) is 2.75. The lowest BCUT2D eigenvalue weighted by atomic mass is 10.1. The number of benzene rings is 1. The molecular weight excluding hydrogens is 278 g/mol. The molecular formula is C13H15N3O3S. The minimum atomic E-state index is -0.221. The van der Waals surface area contributed by atoms with Crippen molar-refractivity contribution in [2.45, 2.75) is 0 Å². The maximum Gasteiger partial charge on any atom is 0.288 e. The minimum Gasteiger partial charge on any atom is -0.399 e. The van der Waals surface area contributed by atoms with Crippen LogP contribution in [0, 0.1) is 0 Å². The highest BCUT2D eigenvalue weighted by Gasteiger charge is 2.28. The van der Waals surface area contributed by atoms with Gasteiger partial charge in [-0.15, -0.1) is 0 Å². The summed E-state index contributed by atoms with van der Waals surface area (Å²) in [7, 11) is 0. The molecule has 1 fully saturated rings. The van der Waals surface area contributed by atoms with Gasteiger partial charge in [0.05, 0.1) is 12.3 Å². The van der Waals surface area contributed by atoms with Gasteiger partial charge in [0.25, 0.3) is 5.24 Å². The van der Waals surface area contributed by atoms with E-state index in [2.05, 4.69) is 5.32 Å². The Morgan fingerprint density at radius 1 is 1.30 bits per heavy atom. The Labute approximate surface area is 120 Å². The number of nitrogens with two attached hydrogens (primary N) is 1. The molecule has 1 heterocycles. The van der Waals surface area contributed by atoms with E-state index in [4.69, 9.17) is 5.73 Å². The molecule has 1 aliphatic heterocycles. The standard InChI is InChI=1S/C13H15N3O3S/c14-10-3-1-9(2-4-10)11(17)7-15-5-6-16-12(18)8-20-13(16)19/h1-4,15H,5-8,14H2. The van der Waals surface area contributed by atoms with Crippen LogP contribution >= 0.6 is 11.8 Å². The van der Waals surface area contributed by atoms with Crippen LogP contribution in [0.4, 0.5) is 10.5 Å². The van der Waals surface area contributed by atoms with Crippen LogP contribution in [0.15, 0.2) is 24.3 Å². The van der Waals surface area contributed by atoms with Crippen molar-refractivity contribution in [3.05, 3.63) is 29.8 Å². The summed E-state index contributed by atoms with van der Waals surface area (Å²) < 4.78 is 0. The Kier molecular flexibility index (Phi) is 4.75. The van der Waals surface area contributed by atoms with E-state index in [-0.39, 0.29) is 29.2 Å². The van der Waals surface area contributed by atoms with Gasteiger partial charge < -0.3 is 11.1 Å². The van der Waals surface area contributed by atoms with Crippen LogP contribution in [0.2, 0.25) is 0 Å². The predicted octanol–water partition coefficient (Wildman–Crippen LogP) is 0.737. The van der Waals surface area contributed by atoms with Gasteiger partial charge in [-0.1, -0.05) is 11.8 Å². The zero-order valence-corrected chi connectivity index (χ0v) is 11.6. The molecule has 2 amide bonds. The third-order valence-corrected chi connectivity index (χ3v) is 3.73. The van der Waals surface area contributed by atoms with Crippen LogP contribution < -0.4 is 11.1 Å². The van der Waals surface area contributed by atoms with Gasteiger partial charge in [0.15, 0.2) is 5.78 Å². The number of anilines is 1. The molecule has 1 aromatic carbocycles. The van der Waals surface area contributed by atoms with Crippen molar-refractivity contribution in [1.82, 2.24) is 10.2 Å². The Bertz CT molecular complexity index is 514. The Morgan fingerprint density at radius 2 is 2.00 bits per heavy atom. The van der Waals surface area contributed by atoms with E-state index in [0.717, 1.165) is 11.8 Å². The fourth-order valence-corrected chi connectivity index (χ4v) is 2.51. The van der Waals surface area contributed by atoms with E-state index < -0.39 is 0 Å². The van der Waals surface area contributed by atoms with Gasteiger partial charge in [-0.3, -0.25) is 19.3 Å². The molecule has 1 aromatic rings. The SMILES string of the molecule is Nc1ccc(C(=O)CNCCN2C(=O)CSC2=O)cc1. The minimum absolute atomic E-state index is 0.0570. The molecule has 106 valence electrons. The Balaban J connectivity index is 1.73. The van der Waals surface area contributed by atoms with E-state index in [1.807, 2.05) is 0 Å². The number of ketones is 1.